The van der Waals surface area contributed by atoms with Crippen molar-refractivity contribution in [1.29, 1.82) is 5.26 Å². The third-order valence-electron chi connectivity index (χ3n) is 4.29. The molecule has 0 radical (unpaired) electrons. The van der Waals surface area contributed by atoms with E-state index in [2.05, 4.69) is 16.2 Å². The van der Waals surface area contributed by atoms with E-state index in [0.29, 0.717) is 5.56 Å². The molecule has 0 saturated heterocycles. The van der Waals surface area contributed by atoms with Gasteiger partial charge in [0.05, 0.1) is 28.9 Å². The minimum Gasteiger partial charge on any atom is -0.508 e. The van der Waals surface area contributed by atoms with E-state index in [0.717, 1.165) is 38.6 Å². The third kappa shape index (κ3) is 2.01. The van der Waals surface area contributed by atoms with Gasteiger partial charge in [-0.2, -0.15) is 10.4 Å². The summed E-state index contributed by atoms with van der Waals surface area (Å²) < 4.78 is 1.80. The summed E-state index contributed by atoms with van der Waals surface area (Å²) in [5, 5.41) is 25.5. The molecule has 4 rings (SSSR count). The van der Waals surface area contributed by atoms with Crippen LogP contribution in [0.1, 0.15) is 11.1 Å². The number of fused-ring (bicyclic) bond motifs is 3. The summed E-state index contributed by atoms with van der Waals surface area (Å²) in [6.07, 6.45) is 1.77. The molecule has 5 heteroatoms. The smallest absolute Gasteiger partial charge is 0.120 e. The number of nitrogens with zero attached hydrogens (tertiary/aromatic N) is 4. The maximum Gasteiger partial charge on any atom is 0.120 e. The zero-order valence-electron chi connectivity index (χ0n) is 13.3. The van der Waals surface area contributed by atoms with Gasteiger partial charge in [-0.05, 0) is 30.7 Å². The first-order valence-corrected chi connectivity index (χ1v) is 7.54. The van der Waals surface area contributed by atoms with Crippen molar-refractivity contribution in [3.8, 4) is 23.1 Å². The van der Waals surface area contributed by atoms with Gasteiger partial charge in [-0.25, -0.2) is 0 Å². The second-order valence-electron chi connectivity index (χ2n) is 5.84. The summed E-state index contributed by atoms with van der Waals surface area (Å²) in [5.41, 5.74) is 4.85. The van der Waals surface area contributed by atoms with Crippen molar-refractivity contribution >= 4 is 21.8 Å². The van der Waals surface area contributed by atoms with E-state index in [1.807, 2.05) is 32.2 Å². The van der Waals surface area contributed by atoms with Gasteiger partial charge in [0.25, 0.3) is 0 Å². The number of aromatic nitrogens is 3. The van der Waals surface area contributed by atoms with Gasteiger partial charge in [-0.1, -0.05) is 12.1 Å². The summed E-state index contributed by atoms with van der Waals surface area (Å²) in [7, 11) is 1.89. The van der Waals surface area contributed by atoms with Crippen LogP contribution in [0.4, 0.5) is 0 Å². The number of aromatic hydroxyl groups is 1. The van der Waals surface area contributed by atoms with Gasteiger partial charge in [0, 0.05) is 29.4 Å². The van der Waals surface area contributed by atoms with E-state index in [1.54, 1.807) is 29.1 Å². The molecule has 0 saturated carbocycles. The van der Waals surface area contributed by atoms with E-state index in [-0.39, 0.29) is 5.75 Å². The van der Waals surface area contributed by atoms with Crippen LogP contribution >= 0.6 is 0 Å². The summed E-state index contributed by atoms with van der Waals surface area (Å²) in [4.78, 5) is 4.44. The van der Waals surface area contributed by atoms with E-state index < -0.39 is 0 Å². The van der Waals surface area contributed by atoms with Crippen molar-refractivity contribution in [3.63, 3.8) is 0 Å². The second kappa shape index (κ2) is 5.07. The Labute approximate surface area is 138 Å². The van der Waals surface area contributed by atoms with Crippen LogP contribution in [0, 0.1) is 18.3 Å². The minimum absolute atomic E-state index is 0.234. The molecule has 1 N–H and O–H groups in total. The molecule has 0 aliphatic carbocycles. The molecular formula is C19H14N4O. The Morgan fingerprint density at radius 3 is 2.62 bits per heavy atom. The number of benzene rings is 2. The molecule has 0 spiro atoms. The van der Waals surface area contributed by atoms with E-state index in [4.69, 9.17) is 5.26 Å². The van der Waals surface area contributed by atoms with Crippen molar-refractivity contribution in [2.24, 2.45) is 7.05 Å². The molecule has 0 bridgehead atoms. The summed E-state index contributed by atoms with van der Waals surface area (Å²) in [6.45, 7) is 1.87. The Morgan fingerprint density at radius 2 is 1.92 bits per heavy atom. The number of rotatable bonds is 1. The lowest BCUT2D eigenvalue weighted by Crippen LogP contribution is -1.90. The highest BCUT2D eigenvalue weighted by Gasteiger charge is 2.15. The lowest BCUT2D eigenvalue weighted by atomic mass is 10.0. The topological polar surface area (TPSA) is 74.7 Å². The Hall–Kier alpha value is -3.39. The number of phenols is 1. The van der Waals surface area contributed by atoms with Crippen molar-refractivity contribution in [2.45, 2.75) is 6.92 Å². The second-order valence-corrected chi connectivity index (χ2v) is 5.84. The molecule has 0 amide bonds. The summed E-state index contributed by atoms with van der Waals surface area (Å²) in [5.74, 6) is 0.234. The van der Waals surface area contributed by atoms with Crippen molar-refractivity contribution < 1.29 is 5.11 Å². The number of phenolic OH excluding ortho intramolecular Hbond substituents is 1. The average molecular weight is 314 g/mol. The number of hydrogen-bond acceptors (Lipinski definition) is 4. The third-order valence-corrected chi connectivity index (χ3v) is 4.29. The minimum atomic E-state index is 0.234. The normalized spacial score (nSPS) is 11.0. The fourth-order valence-corrected chi connectivity index (χ4v) is 2.98. The monoisotopic (exact) mass is 314 g/mol. The highest BCUT2D eigenvalue weighted by Crippen LogP contribution is 2.35. The van der Waals surface area contributed by atoms with Crippen LogP contribution in [-0.4, -0.2) is 19.9 Å². The number of nitriles is 1. The van der Waals surface area contributed by atoms with Gasteiger partial charge in [-0.3, -0.25) is 9.67 Å². The number of hydrogen-bond donors (Lipinski definition) is 1. The first kappa shape index (κ1) is 14.2. The lowest BCUT2D eigenvalue weighted by Gasteiger charge is -2.05. The van der Waals surface area contributed by atoms with Gasteiger partial charge in [0.2, 0.25) is 0 Å². The SMILES string of the molecule is Cc1cc2c(cc1O)ncc1c2c(-c2ccc(C#N)cc2)nn1C. The first-order chi connectivity index (χ1) is 11.6. The number of pyridine rings is 1. The molecule has 2 heterocycles. The lowest BCUT2D eigenvalue weighted by molar-refractivity contribution is 0.472. The molecule has 4 aromatic rings. The zero-order chi connectivity index (χ0) is 16.8. The predicted molar refractivity (Wildman–Crippen MR) is 92.6 cm³/mol. The fourth-order valence-electron chi connectivity index (χ4n) is 2.98. The summed E-state index contributed by atoms with van der Waals surface area (Å²) >= 11 is 0. The van der Waals surface area contributed by atoms with Crippen molar-refractivity contribution in [3.05, 3.63) is 53.7 Å². The predicted octanol–water partition coefficient (Wildman–Crippen LogP) is 3.67. The fraction of sp³-hybridized carbons (Fsp3) is 0.105. The number of aryl methyl sites for hydroxylation is 2. The average Bonchev–Trinajstić information content (AvgIpc) is 2.93. The first-order valence-electron chi connectivity index (χ1n) is 7.54. The molecule has 0 aliphatic heterocycles. The highest BCUT2D eigenvalue weighted by molar-refractivity contribution is 6.11. The van der Waals surface area contributed by atoms with Crippen LogP contribution in [0.5, 0.6) is 5.75 Å². The molecule has 24 heavy (non-hydrogen) atoms. The van der Waals surface area contributed by atoms with Gasteiger partial charge >= 0.3 is 0 Å². The Kier molecular flexibility index (Phi) is 3.00. The molecule has 0 aliphatic rings. The van der Waals surface area contributed by atoms with Crippen molar-refractivity contribution in [2.75, 3.05) is 0 Å². The van der Waals surface area contributed by atoms with Crippen LogP contribution in [0.25, 0.3) is 33.1 Å². The molecule has 2 aromatic carbocycles. The van der Waals surface area contributed by atoms with Crippen LogP contribution in [0.2, 0.25) is 0 Å². The Morgan fingerprint density at radius 1 is 1.17 bits per heavy atom. The van der Waals surface area contributed by atoms with Gasteiger partial charge in [0.1, 0.15) is 11.4 Å². The zero-order valence-corrected chi connectivity index (χ0v) is 13.3. The Balaban J connectivity index is 2.10. The van der Waals surface area contributed by atoms with Crippen LogP contribution in [0.3, 0.4) is 0 Å². The quantitative estimate of drug-likeness (QED) is 0.581. The molecule has 5 nitrogen and oxygen atoms in total. The molecule has 116 valence electrons. The summed E-state index contributed by atoms with van der Waals surface area (Å²) in [6, 6.07) is 13.1. The molecule has 0 unspecified atom stereocenters. The molecule has 0 fully saturated rings. The standard InChI is InChI=1S/C19H14N4O/c1-11-7-14-15(8-17(11)24)21-10-16-18(14)19(22-23(16)2)13-5-3-12(9-20)4-6-13/h3-8,10,24H,1-2H3. The van der Waals surface area contributed by atoms with E-state index in [1.165, 1.54) is 0 Å². The van der Waals surface area contributed by atoms with Gasteiger partial charge < -0.3 is 5.11 Å². The maximum absolute atomic E-state index is 9.95. The largest absolute Gasteiger partial charge is 0.508 e. The van der Waals surface area contributed by atoms with Crippen LogP contribution in [0.15, 0.2) is 42.6 Å². The van der Waals surface area contributed by atoms with Gasteiger partial charge in [-0.15, -0.1) is 0 Å². The van der Waals surface area contributed by atoms with E-state index >= 15 is 0 Å². The van der Waals surface area contributed by atoms with Crippen LogP contribution in [-0.2, 0) is 7.05 Å². The van der Waals surface area contributed by atoms with Gasteiger partial charge in [0.15, 0.2) is 0 Å². The molecular weight excluding hydrogens is 300 g/mol. The van der Waals surface area contributed by atoms with E-state index in [9.17, 15) is 5.11 Å². The molecule has 0 atom stereocenters. The Bertz CT molecular complexity index is 1130. The maximum atomic E-state index is 9.95. The molecule has 2 aromatic heterocycles. The highest BCUT2D eigenvalue weighted by atomic mass is 16.3. The van der Waals surface area contributed by atoms with Crippen molar-refractivity contribution in [1.82, 2.24) is 14.8 Å². The van der Waals surface area contributed by atoms with Crippen LogP contribution < -0.4 is 0 Å².